The first kappa shape index (κ1) is 15.2. The number of amides is 1. The van der Waals surface area contributed by atoms with Gasteiger partial charge >= 0.3 is 0 Å². The van der Waals surface area contributed by atoms with Gasteiger partial charge in [-0.05, 0) is 19.1 Å². The average Bonchev–Trinajstić information content (AvgIpc) is 2.70. The zero-order chi connectivity index (χ0) is 14.7. The highest BCUT2D eigenvalue weighted by Crippen LogP contribution is 2.36. The van der Waals surface area contributed by atoms with Crippen LogP contribution in [0.4, 0.5) is 5.69 Å². The molecule has 1 aliphatic rings. The summed E-state index contributed by atoms with van der Waals surface area (Å²) < 4.78 is 5.54. The molecule has 1 saturated heterocycles. The van der Waals surface area contributed by atoms with E-state index in [9.17, 15) is 9.59 Å². The van der Waals surface area contributed by atoms with Gasteiger partial charge < -0.3 is 9.64 Å². The van der Waals surface area contributed by atoms with Crippen LogP contribution in [0.3, 0.4) is 0 Å². The Bertz CT molecular complexity index is 535. The zero-order valence-electron chi connectivity index (χ0n) is 11.4. The summed E-state index contributed by atoms with van der Waals surface area (Å²) in [5, 5.41) is 0.606. The normalized spacial score (nSPS) is 18.4. The quantitative estimate of drug-likeness (QED) is 0.857. The Morgan fingerprint density at radius 3 is 2.95 bits per heavy atom. The van der Waals surface area contributed by atoms with Gasteiger partial charge in [0.25, 0.3) is 0 Å². The maximum absolute atomic E-state index is 12.1. The van der Waals surface area contributed by atoms with Gasteiger partial charge in [-0.2, -0.15) is 0 Å². The molecule has 0 saturated carbocycles. The lowest BCUT2D eigenvalue weighted by atomic mass is 10.2. The number of benzene rings is 1. The van der Waals surface area contributed by atoms with Gasteiger partial charge in [0.15, 0.2) is 5.12 Å². The van der Waals surface area contributed by atoms with Gasteiger partial charge in [0.2, 0.25) is 5.91 Å². The second kappa shape index (κ2) is 6.50. The summed E-state index contributed by atoms with van der Waals surface area (Å²) in [4.78, 5) is 24.9. The number of carbonyl (C=O) groups excluding carboxylic acids is 2. The SMILES string of the molecule is CCOc1cc(Cl)ccc1N1CC(SC(C)=O)CC1=O. The molecular formula is C14H16ClNO3S. The van der Waals surface area contributed by atoms with E-state index in [1.807, 2.05) is 6.92 Å². The lowest BCUT2D eigenvalue weighted by Gasteiger charge is -2.20. The summed E-state index contributed by atoms with van der Waals surface area (Å²) in [6.45, 7) is 4.42. The number of rotatable bonds is 4. The van der Waals surface area contributed by atoms with Crippen molar-refractivity contribution in [1.82, 2.24) is 0 Å². The zero-order valence-corrected chi connectivity index (χ0v) is 13.0. The number of thioether (sulfide) groups is 1. The number of ether oxygens (including phenoxy) is 1. The first-order valence-electron chi connectivity index (χ1n) is 6.41. The molecule has 6 heteroatoms. The summed E-state index contributed by atoms with van der Waals surface area (Å²) in [7, 11) is 0. The molecule has 1 unspecified atom stereocenters. The molecule has 4 nitrogen and oxygen atoms in total. The Morgan fingerprint density at radius 1 is 1.55 bits per heavy atom. The summed E-state index contributed by atoms with van der Waals surface area (Å²) in [6, 6.07) is 5.23. The standard InChI is InChI=1S/C14H16ClNO3S/c1-3-19-13-6-10(15)4-5-12(13)16-8-11(7-14(16)18)20-9(2)17/h4-6,11H,3,7-8H2,1-2H3. The lowest BCUT2D eigenvalue weighted by Crippen LogP contribution is -2.25. The molecule has 1 fully saturated rings. The van der Waals surface area contributed by atoms with Crippen molar-refractivity contribution < 1.29 is 14.3 Å². The number of carbonyl (C=O) groups is 2. The van der Waals surface area contributed by atoms with E-state index >= 15 is 0 Å². The van der Waals surface area contributed by atoms with E-state index < -0.39 is 0 Å². The van der Waals surface area contributed by atoms with Crippen molar-refractivity contribution in [3.05, 3.63) is 23.2 Å². The van der Waals surface area contributed by atoms with Crippen LogP contribution in [0.1, 0.15) is 20.3 Å². The van der Waals surface area contributed by atoms with Crippen molar-refractivity contribution in [1.29, 1.82) is 0 Å². The van der Waals surface area contributed by atoms with Gasteiger partial charge in [-0.15, -0.1) is 0 Å². The molecule has 0 radical (unpaired) electrons. The number of nitrogens with zero attached hydrogens (tertiary/aromatic N) is 1. The molecule has 0 bridgehead atoms. The van der Waals surface area contributed by atoms with Crippen LogP contribution in [0, 0.1) is 0 Å². The number of anilines is 1. The third-order valence-electron chi connectivity index (χ3n) is 2.93. The van der Waals surface area contributed by atoms with Gasteiger partial charge in [-0.3, -0.25) is 9.59 Å². The van der Waals surface area contributed by atoms with E-state index in [4.69, 9.17) is 16.3 Å². The van der Waals surface area contributed by atoms with Crippen LogP contribution >= 0.6 is 23.4 Å². The van der Waals surface area contributed by atoms with Crippen molar-refractivity contribution in [3.63, 3.8) is 0 Å². The Labute approximate surface area is 127 Å². The topological polar surface area (TPSA) is 46.6 Å². The Morgan fingerprint density at radius 2 is 2.30 bits per heavy atom. The maximum Gasteiger partial charge on any atom is 0.228 e. The molecule has 0 N–H and O–H groups in total. The van der Waals surface area contributed by atoms with E-state index in [0.717, 1.165) is 0 Å². The van der Waals surface area contributed by atoms with Crippen LogP contribution in [0.5, 0.6) is 5.75 Å². The highest BCUT2D eigenvalue weighted by Gasteiger charge is 2.33. The third kappa shape index (κ3) is 3.46. The average molecular weight is 314 g/mol. The lowest BCUT2D eigenvalue weighted by molar-refractivity contribution is -0.117. The summed E-state index contributed by atoms with van der Waals surface area (Å²) in [6.07, 6.45) is 0.373. The monoisotopic (exact) mass is 313 g/mol. The molecule has 1 amide bonds. The van der Waals surface area contributed by atoms with Crippen molar-refractivity contribution in [2.45, 2.75) is 25.5 Å². The molecule has 1 aliphatic heterocycles. The maximum atomic E-state index is 12.1. The minimum absolute atomic E-state index is 0.00477. The first-order chi connectivity index (χ1) is 9.51. The Hall–Kier alpha value is -1.20. The van der Waals surface area contributed by atoms with Gasteiger partial charge in [0.1, 0.15) is 5.75 Å². The van der Waals surface area contributed by atoms with Crippen LogP contribution in [-0.4, -0.2) is 29.4 Å². The third-order valence-corrected chi connectivity index (χ3v) is 4.15. The van der Waals surface area contributed by atoms with E-state index in [1.54, 1.807) is 23.1 Å². The van der Waals surface area contributed by atoms with Crippen molar-refractivity contribution in [2.24, 2.45) is 0 Å². The molecule has 2 rings (SSSR count). The Kier molecular flexibility index (Phi) is 4.94. The van der Waals surface area contributed by atoms with E-state index in [1.165, 1.54) is 18.7 Å². The fourth-order valence-corrected chi connectivity index (χ4v) is 3.28. The smallest absolute Gasteiger partial charge is 0.228 e. The van der Waals surface area contributed by atoms with Gasteiger partial charge in [-0.25, -0.2) is 0 Å². The van der Waals surface area contributed by atoms with Crippen LogP contribution < -0.4 is 9.64 Å². The highest BCUT2D eigenvalue weighted by atomic mass is 35.5. The molecule has 1 atom stereocenters. The largest absolute Gasteiger partial charge is 0.492 e. The number of hydrogen-bond donors (Lipinski definition) is 0. The number of halogens is 1. The van der Waals surface area contributed by atoms with Gasteiger partial charge in [-0.1, -0.05) is 23.4 Å². The van der Waals surface area contributed by atoms with E-state index in [2.05, 4.69) is 0 Å². The van der Waals surface area contributed by atoms with Gasteiger partial charge in [0.05, 0.1) is 12.3 Å². The predicted molar refractivity (Wildman–Crippen MR) is 81.7 cm³/mol. The molecule has 1 aromatic carbocycles. The number of hydrogen-bond acceptors (Lipinski definition) is 4. The first-order valence-corrected chi connectivity index (χ1v) is 7.67. The minimum Gasteiger partial charge on any atom is -0.492 e. The molecule has 0 aliphatic carbocycles. The van der Waals surface area contributed by atoms with Crippen LogP contribution in [0.15, 0.2) is 18.2 Å². The van der Waals surface area contributed by atoms with Crippen molar-refractivity contribution in [2.75, 3.05) is 18.1 Å². The summed E-state index contributed by atoms with van der Waals surface area (Å²) in [5.74, 6) is 0.605. The fourth-order valence-electron chi connectivity index (χ4n) is 2.20. The molecule has 0 spiro atoms. The van der Waals surface area contributed by atoms with Crippen molar-refractivity contribution >= 4 is 40.1 Å². The van der Waals surface area contributed by atoms with Crippen LogP contribution in [0.2, 0.25) is 5.02 Å². The Balaban J connectivity index is 2.23. The van der Waals surface area contributed by atoms with Gasteiger partial charge in [0, 0.05) is 36.2 Å². The molecule has 1 aromatic rings. The molecule has 1 heterocycles. The van der Waals surface area contributed by atoms with E-state index in [0.29, 0.717) is 36.0 Å². The highest BCUT2D eigenvalue weighted by molar-refractivity contribution is 8.14. The molecule has 108 valence electrons. The molecule has 0 aromatic heterocycles. The van der Waals surface area contributed by atoms with Crippen LogP contribution in [0.25, 0.3) is 0 Å². The molecule has 20 heavy (non-hydrogen) atoms. The second-order valence-electron chi connectivity index (χ2n) is 4.48. The van der Waals surface area contributed by atoms with E-state index in [-0.39, 0.29) is 16.3 Å². The van der Waals surface area contributed by atoms with Crippen molar-refractivity contribution in [3.8, 4) is 5.75 Å². The fraction of sp³-hybridized carbons (Fsp3) is 0.429. The molecular weight excluding hydrogens is 298 g/mol. The minimum atomic E-state index is 0.00477. The second-order valence-corrected chi connectivity index (χ2v) is 6.40. The summed E-state index contributed by atoms with van der Waals surface area (Å²) >= 11 is 7.18. The van der Waals surface area contributed by atoms with Crippen LogP contribution in [-0.2, 0) is 9.59 Å². The predicted octanol–water partition coefficient (Wildman–Crippen LogP) is 3.12. The summed E-state index contributed by atoms with van der Waals surface area (Å²) in [5.41, 5.74) is 0.716.